The Morgan fingerprint density at radius 2 is 2.21 bits per heavy atom. The van der Waals surface area contributed by atoms with E-state index in [2.05, 4.69) is 39.2 Å². The van der Waals surface area contributed by atoms with Crippen LogP contribution in [-0.4, -0.2) is 11.5 Å². The number of halogens is 1. The number of rotatable bonds is 2. The van der Waals surface area contributed by atoms with E-state index in [0.717, 1.165) is 27.6 Å². The van der Waals surface area contributed by atoms with Crippen molar-refractivity contribution in [1.82, 2.24) is 4.98 Å². The lowest BCUT2D eigenvalue weighted by atomic mass is 10.2. The molecule has 0 unspecified atom stereocenters. The molecule has 0 aliphatic carbocycles. The Labute approximate surface area is 91.5 Å². The Morgan fingerprint density at radius 1 is 1.36 bits per heavy atom. The summed E-state index contributed by atoms with van der Waals surface area (Å²) in [6, 6.07) is 8.10. The molecule has 0 fully saturated rings. The highest BCUT2D eigenvalue weighted by molar-refractivity contribution is 9.10. The van der Waals surface area contributed by atoms with Gasteiger partial charge in [-0.2, -0.15) is 0 Å². The van der Waals surface area contributed by atoms with Gasteiger partial charge < -0.3 is 5.32 Å². The summed E-state index contributed by atoms with van der Waals surface area (Å²) in [5.41, 5.74) is 2.14. The molecule has 0 spiro atoms. The van der Waals surface area contributed by atoms with Crippen LogP contribution in [0.15, 0.2) is 34.9 Å². The molecule has 0 aliphatic rings. The molecule has 3 heteroatoms. The summed E-state index contributed by atoms with van der Waals surface area (Å²) in [6.45, 7) is 3.01. The van der Waals surface area contributed by atoms with Gasteiger partial charge in [0.15, 0.2) is 0 Å². The molecule has 2 aromatic rings. The molecule has 14 heavy (non-hydrogen) atoms. The first-order valence-corrected chi connectivity index (χ1v) is 5.39. The SMILES string of the molecule is CCNc1ccnc2c(Br)cccc12. The highest BCUT2D eigenvalue weighted by Crippen LogP contribution is 2.26. The Morgan fingerprint density at radius 3 is 3.00 bits per heavy atom. The van der Waals surface area contributed by atoms with Gasteiger partial charge in [0, 0.05) is 28.3 Å². The first-order chi connectivity index (χ1) is 6.83. The maximum absolute atomic E-state index is 4.34. The van der Waals surface area contributed by atoms with Crippen LogP contribution in [-0.2, 0) is 0 Å². The number of fused-ring (bicyclic) bond motifs is 1. The maximum Gasteiger partial charge on any atom is 0.0864 e. The zero-order valence-electron chi connectivity index (χ0n) is 7.92. The van der Waals surface area contributed by atoms with Gasteiger partial charge in [0.25, 0.3) is 0 Å². The molecule has 0 aliphatic heterocycles. The second-order valence-corrected chi connectivity index (χ2v) is 3.88. The van der Waals surface area contributed by atoms with E-state index in [1.165, 1.54) is 0 Å². The van der Waals surface area contributed by atoms with Crippen LogP contribution in [0.25, 0.3) is 10.9 Å². The van der Waals surface area contributed by atoms with E-state index in [1.807, 2.05) is 24.4 Å². The van der Waals surface area contributed by atoms with Crippen LogP contribution in [0.1, 0.15) is 6.92 Å². The van der Waals surface area contributed by atoms with E-state index in [4.69, 9.17) is 0 Å². The predicted molar refractivity (Wildman–Crippen MR) is 63.6 cm³/mol. The van der Waals surface area contributed by atoms with Crippen LogP contribution in [0.5, 0.6) is 0 Å². The first kappa shape index (κ1) is 9.46. The molecular formula is C11H11BrN2. The molecule has 0 radical (unpaired) electrons. The highest BCUT2D eigenvalue weighted by atomic mass is 79.9. The standard InChI is InChI=1S/C11H11BrN2/c1-2-13-10-6-7-14-11-8(10)4-3-5-9(11)12/h3-7H,2H2,1H3,(H,13,14). The molecule has 0 bridgehead atoms. The molecule has 0 atom stereocenters. The van der Waals surface area contributed by atoms with Crippen molar-refractivity contribution < 1.29 is 0 Å². The second-order valence-electron chi connectivity index (χ2n) is 3.02. The van der Waals surface area contributed by atoms with Crippen LogP contribution in [0.3, 0.4) is 0 Å². The summed E-state index contributed by atoms with van der Waals surface area (Å²) >= 11 is 3.49. The molecule has 0 amide bonds. The number of anilines is 1. The number of nitrogens with one attached hydrogen (secondary N) is 1. The molecule has 1 heterocycles. The minimum Gasteiger partial charge on any atom is -0.385 e. The average molecular weight is 251 g/mol. The lowest BCUT2D eigenvalue weighted by molar-refractivity contribution is 1.21. The summed E-state index contributed by atoms with van der Waals surface area (Å²) in [5, 5.41) is 4.47. The number of benzene rings is 1. The van der Waals surface area contributed by atoms with Crippen molar-refractivity contribution in [3.63, 3.8) is 0 Å². The largest absolute Gasteiger partial charge is 0.385 e. The van der Waals surface area contributed by atoms with Crippen molar-refractivity contribution >= 4 is 32.5 Å². The Kier molecular flexibility index (Phi) is 2.68. The van der Waals surface area contributed by atoms with Gasteiger partial charge in [-0.05, 0) is 35.0 Å². The Bertz CT molecular complexity index is 454. The number of nitrogens with zero attached hydrogens (tertiary/aromatic N) is 1. The van der Waals surface area contributed by atoms with Crippen molar-refractivity contribution in [1.29, 1.82) is 0 Å². The summed E-state index contributed by atoms with van der Waals surface area (Å²) in [5.74, 6) is 0. The first-order valence-electron chi connectivity index (χ1n) is 4.60. The quantitative estimate of drug-likeness (QED) is 0.884. The van der Waals surface area contributed by atoms with E-state index in [-0.39, 0.29) is 0 Å². The van der Waals surface area contributed by atoms with E-state index in [0.29, 0.717) is 0 Å². The van der Waals surface area contributed by atoms with Gasteiger partial charge in [0.05, 0.1) is 5.52 Å². The van der Waals surface area contributed by atoms with Gasteiger partial charge in [-0.3, -0.25) is 4.98 Å². The number of pyridine rings is 1. The minimum absolute atomic E-state index is 0.922. The number of hydrogen-bond donors (Lipinski definition) is 1. The molecule has 2 nitrogen and oxygen atoms in total. The summed E-state index contributed by atoms with van der Waals surface area (Å²) < 4.78 is 1.04. The van der Waals surface area contributed by atoms with Gasteiger partial charge >= 0.3 is 0 Å². The summed E-state index contributed by atoms with van der Waals surface area (Å²) in [7, 11) is 0. The monoisotopic (exact) mass is 250 g/mol. The molecule has 1 aromatic heterocycles. The second kappa shape index (κ2) is 3.96. The Hall–Kier alpha value is -1.09. The van der Waals surface area contributed by atoms with Crippen LogP contribution in [0.2, 0.25) is 0 Å². The Balaban J connectivity index is 2.68. The zero-order valence-corrected chi connectivity index (χ0v) is 9.51. The van der Waals surface area contributed by atoms with Gasteiger partial charge in [-0.1, -0.05) is 12.1 Å². The fourth-order valence-electron chi connectivity index (χ4n) is 1.48. The number of hydrogen-bond acceptors (Lipinski definition) is 2. The third kappa shape index (κ3) is 1.60. The topological polar surface area (TPSA) is 24.9 Å². The maximum atomic E-state index is 4.34. The molecular weight excluding hydrogens is 240 g/mol. The van der Waals surface area contributed by atoms with Crippen LogP contribution >= 0.6 is 15.9 Å². The fraction of sp³-hybridized carbons (Fsp3) is 0.182. The smallest absolute Gasteiger partial charge is 0.0864 e. The van der Waals surface area contributed by atoms with E-state index < -0.39 is 0 Å². The van der Waals surface area contributed by atoms with E-state index in [1.54, 1.807) is 0 Å². The lowest BCUT2D eigenvalue weighted by Crippen LogP contribution is -1.97. The molecule has 72 valence electrons. The molecule has 2 rings (SSSR count). The average Bonchev–Trinajstić information content (AvgIpc) is 2.20. The number of aromatic nitrogens is 1. The van der Waals surface area contributed by atoms with Crippen molar-refractivity contribution in [2.75, 3.05) is 11.9 Å². The highest BCUT2D eigenvalue weighted by Gasteiger charge is 2.02. The predicted octanol–water partition coefficient (Wildman–Crippen LogP) is 3.43. The summed E-state index contributed by atoms with van der Waals surface area (Å²) in [4.78, 5) is 4.34. The third-order valence-corrected chi connectivity index (χ3v) is 2.73. The van der Waals surface area contributed by atoms with Crippen molar-refractivity contribution in [3.05, 3.63) is 34.9 Å². The van der Waals surface area contributed by atoms with Gasteiger partial charge in [0.2, 0.25) is 0 Å². The fourth-order valence-corrected chi connectivity index (χ4v) is 1.95. The van der Waals surface area contributed by atoms with Crippen LogP contribution < -0.4 is 5.32 Å². The molecule has 0 saturated carbocycles. The van der Waals surface area contributed by atoms with E-state index >= 15 is 0 Å². The van der Waals surface area contributed by atoms with Crippen molar-refractivity contribution in [2.45, 2.75) is 6.92 Å². The third-order valence-electron chi connectivity index (χ3n) is 2.09. The van der Waals surface area contributed by atoms with Gasteiger partial charge in [-0.15, -0.1) is 0 Å². The normalized spacial score (nSPS) is 10.4. The van der Waals surface area contributed by atoms with Crippen molar-refractivity contribution in [3.8, 4) is 0 Å². The minimum atomic E-state index is 0.922. The molecule has 0 saturated heterocycles. The number of para-hydroxylation sites is 1. The van der Waals surface area contributed by atoms with E-state index in [9.17, 15) is 0 Å². The molecule has 1 aromatic carbocycles. The van der Waals surface area contributed by atoms with Gasteiger partial charge in [-0.25, -0.2) is 0 Å². The van der Waals surface area contributed by atoms with Crippen molar-refractivity contribution in [2.24, 2.45) is 0 Å². The van der Waals surface area contributed by atoms with Crippen LogP contribution in [0.4, 0.5) is 5.69 Å². The van der Waals surface area contributed by atoms with Crippen LogP contribution in [0, 0.1) is 0 Å². The van der Waals surface area contributed by atoms with Gasteiger partial charge in [0.1, 0.15) is 0 Å². The zero-order chi connectivity index (χ0) is 9.97. The summed E-state index contributed by atoms with van der Waals surface area (Å²) in [6.07, 6.45) is 1.82. The lowest BCUT2D eigenvalue weighted by Gasteiger charge is -2.07. The molecule has 1 N–H and O–H groups in total.